The molecular formula is C19H22AuN2S2-2. The first kappa shape index (κ1) is 20.1. The van der Waals surface area contributed by atoms with Gasteiger partial charge in [-0.2, -0.15) is 0 Å². The standard InChI is InChI=1S/C19H24N2S2.Au/c22-19(23)21-14-12-20(13-15-21)11-10-16-6-8-18(9-7-16)17-4-2-1-3-5-17;/h1-9,19,22-23H,10-15H2;/p-2. The van der Waals surface area contributed by atoms with E-state index in [1.165, 1.54) is 16.7 Å². The Morgan fingerprint density at radius 2 is 1.38 bits per heavy atom. The van der Waals surface area contributed by atoms with Gasteiger partial charge in [-0.05, 0) is 23.1 Å². The second-order valence-electron chi connectivity index (χ2n) is 6.00. The van der Waals surface area contributed by atoms with Crippen molar-refractivity contribution < 1.29 is 22.4 Å². The van der Waals surface area contributed by atoms with Gasteiger partial charge in [0, 0.05) is 55.1 Å². The summed E-state index contributed by atoms with van der Waals surface area (Å²) in [5.74, 6) is 0. The van der Waals surface area contributed by atoms with E-state index in [9.17, 15) is 0 Å². The summed E-state index contributed by atoms with van der Waals surface area (Å²) in [4.78, 5) is 4.71. The number of piperazine rings is 1. The molecule has 0 N–H and O–H groups in total. The molecule has 5 heteroatoms. The first-order valence-corrected chi connectivity index (χ1v) is 9.09. The third kappa shape index (κ3) is 5.67. The first-order valence-electron chi connectivity index (χ1n) is 8.15. The second kappa shape index (κ2) is 10.1. The Hall–Kier alpha value is -0.200. The molecule has 1 aliphatic rings. The summed E-state index contributed by atoms with van der Waals surface area (Å²) in [6.45, 7) is 5.27. The molecule has 0 atom stereocenters. The van der Waals surface area contributed by atoms with Crippen molar-refractivity contribution in [2.75, 3.05) is 32.7 Å². The summed E-state index contributed by atoms with van der Waals surface area (Å²) in [5.41, 5.74) is 3.96. The molecule has 1 aliphatic heterocycles. The molecular weight excluding hydrogens is 517 g/mol. The molecule has 24 heavy (non-hydrogen) atoms. The zero-order valence-electron chi connectivity index (χ0n) is 13.5. The molecule has 0 aromatic heterocycles. The van der Waals surface area contributed by atoms with Crippen molar-refractivity contribution in [1.82, 2.24) is 9.80 Å². The minimum absolute atomic E-state index is 0. The minimum Gasteiger partial charge on any atom is -0.800 e. The maximum Gasteiger partial charge on any atom is 0.0109 e. The summed E-state index contributed by atoms with van der Waals surface area (Å²) in [6.07, 6.45) is 1.10. The third-order valence-corrected chi connectivity index (χ3v) is 5.08. The van der Waals surface area contributed by atoms with Gasteiger partial charge in [-0.15, -0.1) is 0 Å². The molecule has 0 saturated carbocycles. The molecule has 133 valence electrons. The van der Waals surface area contributed by atoms with Crippen LogP contribution >= 0.6 is 0 Å². The van der Waals surface area contributed by atoms with Crippen LogP contribution in [0.15, 0.2) is 54.6 Å². The maximum atomic E-state index is 5.15. The molecule has 0 amide bonds. The van der Waals surface area contributed by atoms with E-state index in [0.717, 1.165) is 39.1 Å². The Labute approximate surface area is 172 Å². The summed E-state index contributed by atoms with van der Waals surface area (Å²) in [5, 5.41) is 0. The van der Waals surface area contributed by atoms with Crippen LogP contribution in [0.1, 0.15) is 5.56 Å². The Morgan fingerprint density at radius 1 is 0.792 bits per heavy atom. The van der Waals surface area contributed by atoms with Crippen molar-refractivity contribution in [3.8, 4) is 11.1 Å². The van der Waals surface area contributed by atoms with E-state index in [4.69, 9.17) is 25.3 Å². The minimum atomic E-state index is -0.150. The number of nitrogens with zero attached hydrogens (tertiary/aromatic N) is 2. The van der Waals surface area contributed by atoms with Crippen LogP contribution < -0.4 is 0 Å². The molecule has 2 aromatic carbocycles. The molecule has 2 aromatic rings. The Morgan fingerprint density at radius 3 is 1.96 bits per heavy atom. The SMILES string of the molecule is [Au].[S-]C([S-])N1CCN(CCc2ccc(-c3ccccc3)cc2)CC1. The van der Waals surface area contributed by atoms with E-state index >= 15 is 0 Å². The van der Waals surface area contributed by atoms with Crippen LogP contribution in [0, 0.1) is 0 Å². The molecule has 0 unspecified atom stereocenters. The second-order valence-corrected chi connectivity index (χ2v) is 7.19. The van der Waals surface area contributed by atoms with Crippen LogP contribution in [0.3, 0.4) is 0 Å². The van der Waals surface area contributed by atoms with Crippen LogP contribution in [0.5, 0.6) is 0 Å². The van der Waals surface area contributed by atoms with Gasteiger partial charge in [0.15, 0.2) is 0 Å². The molecule has 1 heterocycles. The first-order chi connectivity index (χ1) is 11.2. The maximum absolute atomic E-state index is 5.15. The molecule has 0 bridgehead atoms. The number of hydrogen-bond donors (Lipinski definition) is 0. The quantitative estimate of drug-likeness (QED) is 0.426. The van der Waals surface area contributed by atoms with Gasteiger partial charge in [0.1, 0.15) is 0 Å². The van der Waals surface area contributed by atoms with E-state index in [2.05, 4.69) is 64.4 Å². The Kier molecular flexibility index (Phi) is 8.44. The van der Waals surface area contributed by atoms with Crippen LogP contribution in [0.2, 0.25) is 0 Å². The topological polar surface area (TPSA) is 6.48 Å². The van der Waals surface area contributed by atoms with E-state index in [1.54, 1.807) is 0 Å². The number of hydrogen-bond acceptors (Lipinski definition) is 4. The summed E-state index contributed by atoms with van der Waals surface area (Å²) in [7, 11) is 0. The smallest absolute Gasteiger partial charge is 0.0109 e. The summed E-state index contributed by atoms with van der Waals surface area (Å²) < 4.78 is -0.150. The number of benzene rings is 2. The van der Waals surface area contributed by atoms with Gasteiger partial charge in [0.05, 0.1) is 0 Å². The molecule has 2 nitrogen and oxygen atoms in total. The van der Waals surface area contributed by atoms with Gasteiger partial charge in [-0.25, -0.2) is 4.71 Å². The van der Waals surface area contributed by atoms with Crippen molar-refractivity contribution in [3.05, 3.63) is 60.2 Å². The fourth-order valence-corrected chi connectivity index (χ4v) is 3.40. The van der Waals surface area contributed by atoms with Gasteiger partial charge in [0.2, 0.25) is 0 Å². The van der Waals surface area contributed by atoms with Gasteiger partial charge in [-0.3, -0.25) is 0 Å². The average molecular weight is 540 g/mol. The van der Waals surface area contributed by atoms with Crippen molar-refractivity contribution in [2.24, 2.45) is 0 Å². The van der Waals surface area contributed by atoms with Gasteiger partial charge < -0.3 is 35.1 Å². The zero-order chi connectivity index (χ0) is 16.1. The largest absolute Gasteiger partial charge is 0.800 e. The van der Waals surface area contributed by atoms with Crippen molar-refractivity contribution in [3.63, 3.8) is 0 Å². The Balaban J connectivity index is 0.00000208. The van der Waals surface area contributed by atoms with Crippen LogP contribution in [-0.2, 0) is 54.1 Å². The normalized spacial score (nSPS) is 16.1. The van der Waals surface area contributed by atoms with Crippen LogP contribution in [-0.4, -0.2) is 47.2 Å². The number of rotatable bonds is 5. The fraction of sp³-hybridized carbons (Fsp3) is 0.368. The Bertz CT molecular complexity index is 597. The van der Waals surface area contributed by atoms with E-state index in [1.807, 2.05) is 0 Å². The van der Waals surface area contributed by atoms with Gasteiger partial charge in [-0.1, -0.05) is 54.6 Å². The molecule has 3 rings (SSSR count). The summed E-state index contributed by atoms with van der Waals surface area (Å²) >= 11 is 10.3. The molecule has 1 saturated heterocycles. The molecule has 1 fully saturated rings. The van der Waals surface area contributed by atoms with Gasteiger partial charge >= 0.3 is 0 Å². The predicted molar refractivity (Wildman–Crippen MR) is 102 cm³/mol. The summed E-state index contributed by atoms with van der Waals surface area (Å²) in [6, 6.07) is 19.5. The van der Waals surface area contributed by atoms with E-state index in [-0.39, 0.29) is 27.1 Å². The van der Waals surface area contributed by atoms with Crippen molar-refractivity contribution in [1.29, 1.82) is 0 Å². The molecule has 0 aliphatic carbocycles. The monoisotopic (exact) mass is 539 g/mol. The average Bonchev–Trinajstić information content (AvgIpc) is 2.61. The van der Waals surface area contributed by atoms with E-state index < -0.39 is 0 Å². The fourth-order valence-electron chi connectivity index (χ4n) is 2.98. The van der Waals surface area contributed by atoms with Crippen LogP contribution in [0.4, 0.5) is 0 Å². The molecule has 0 spiro atoms. The third-order valence-electron chi connectivity index (χ3n) is 4.48. The van der Waals surface area contributed by atoms with Crippen molar-refractivity contribution >= 4 is 25.3 Å². The van der Waals surface area contributed by atoms with E-state index in [0.29, 0.717) is 0 Å². The van der Waals surface area contributed by atoms with Gasteiger partial charge in [0.25, 0.3) is 0 Å². The van der Waals surface area contributed by atoms with Crippen LogP contribution in [0.25, 0.3) is 11.1 Å². The predicted octanol–water partition coefficient (Wildman–Crippen LogP) is 2.89. The van der Waals surface area contributed by atoms with Crippen molar-refractivity contribution in [2.45, 2.75) is 11.1 Å². The molecule has 1 radical (unpaired) electrons. The zero-order valence-corrected chi connectivity index (χ0v) is 17.3.